The summed E-state index contributed by atoms with van der Waals surface area (Å²) in [5.41, 5.74) is 1.06. The molecule has 3 aromatic rings. The summed E-state index contributed by atoms with van der Waals surface area (Å²) < 4.78 is 72.4. The second kappa shape index (κ2) is 13.4. The molecule has 1 fully saturated rings. The molecule has 1 nitrogen and oxygen atoms in total. The smallest absolute Gasteiger partial charge is 0.387 e. The lowest BCUT2D eigenvalue weighted by Gasteiger charge is -2.28. The standard InChI is InChI=1S/C32H37F5O/c1-2-3-4-5-6-7-21-8-10-22(11-9-21)12-13-23-14-16-26-24(18-23)15-17-27(30(26)35)25-19-28(33)31(29(34)20-25)38-32(36)37/h14-22,32H,2-13H2,1H3. The lowest BCUT2D eigenvalue weighted by molar-refractivity contribution is -0.0546. The Kier molecular flexibility index (Phi) is 10.0. The number of ether oxygens (including phenoxy) is 1. The van der Waals surface area contributed by atoms with E-state index in [4.69, 9.17) is 0 Å². The van der Waals surface area contributed by atoms with Gasteiger partial charge in [-0.25, -0.2) is 13.2 Å². The van der Waals surface area contributed by atoms with Gasteiger partial charge in [0.25, 0.3) is 0 Å². The van der Waals surface area contributed by atoms with Crippen molar-refractivity contribution in [2.45, 2.75) is 90.6 Å². The molecular formula is C32H37F5O. The molecule has 1 aliphatic carbocycles. The number of unbranched alkanes of at least 4 members (excludes halogenated alkanes) is 4. The summed E-state index contributed by atoms with van der Waals surface area (Å²) in [6, 6.07) is 10.4. The van der Waals surface area contributed by atoms with Crippen LogP contribution >= 0.6 is 0 Å². The van der Waals surface area contributed by atoms with E-state index in [1.165, 1.54) is 70.3 Å². The predicted octanol–water partition coefficient (Wildman–Crippen LogP) is 10.6. The highest BCUT2D eigenvalue weighted by atomic mass is 19.3. The van der Waals surface area contributed by atoms with Gasteiger partial charge in [0, 0.05) is 10.9 Å². The highest BCUT2D eigenvalue weighted by molar-refractivity contribution is 5.88. The van der Waals surface area contributed by atoms with E-state index in [0.717, 1.165) is 42.4 Å². The van der Waals surface area contributed by atoms with Crippen LogP contribution in [0.3, 0.4) is 0 Å². The molecule has 0 amide bonds. The molecule has 0 saturated heterocycles. The van der Waals surface area contributed by atoms with E-state index < -0.39 is 29.8 Å². The van der Waals surface area contributed by atoms with E-state index in [0.29, 0.717) is 10.8 Å². The number of fused-ring (bicyclic) bond motifs is 1. The molecule has 38 heavy (non-hydrogen) atoms. The third-order valence-corrected chi connectivity index (χ3v) is 8.06. The van der Waals surface area contributed by atoms with Gasteiger partial charge in [-0.15, -0.1) is 0 Å². The number of hydrogen-bond acceptors (Lipinski definition) is 1. The van der Waals surface area contributed by atoms with Crippen molar-refractivity contribution in [3.8, 4) is 16.9 Å². The van der Waals surface area contributed by atoms with Crippen LogP contribution in [0.1, 0.15) is 83.1 Å². The summed E-state index contributed by atoms with van der Waals surface area (Å²) >= 11 is 0. The Labute approximate surface area is 222 Å². The molecular weight excluding hydrogens is 495 g/mol. The van der Waals surface area contributed by atoms with Crippen LogP contribution in [0.4, 0.5) is 22.0 Å². The van der Waals surface area contributed by atoms with E-state index in [9.17, 15) is 17.6 Å². The Morgan fingerprint density at radius 2 is 1.45 bits per heavy atom. The third kappa shape index (κ3) is 7.27. The molecule has 1 aliphatic rings. The minimum Gasteiger partial charge on any atom is -0.429 e. The summed E-state index contributed by atoms with van der Waals surface area (Å²) in [5.74, 6) is -2.77. The van der Waals surface area contributed by atoms with Gasteiger partial charge in [0.1, 0.15) is 5.82 Å². The average molecular weight is 533 g/mol. The second-order valence-electron chi connectivity index (χ2n) is 10.8. The van der Waals surface area contributed by atoms with E-state index in [2.05, 4.69) is 11.7 Å². The van der Waals surface area contributed by atoms with Gasteiger partial charge in [0.05, 0.1) is 0 Å². The Bertz CT molecular complexity index is 1180. The van der Waals surface area contributed by atoms with Gasteiger partial charge < -0.3 is 4.74 Å². The largest absolute Gasteiger partial charge is 0.429 e. The topological polar surface area (TPSA) is 9.23 Å². The second-order valence-corrected chi connectivity index (χ2v) is 10.8. The molecule has 0 heterocycles. The van der Waals surface area contributed by atoms with Crippen LogP contribution in [0.15, 0.2) is 42.5 Å². The van der Waals surface area contributed by atoms with Gasteiger partial charge in [0.2, 0.25) is 0 Å². The number of rotatable bonds is 12. The maximum Gasteiger partial charge on any atom is 0.387 e. The molecule has 0 N–H and O–H groups in total. The molecule has 4 rings (SSSR count). The van der Waals surface area contributed by atoms with Crippen molar-refractivity contribution in [2.24, 2.45) is 11.8 Å². The van der Waals surface area contributed by atoms with Gasteiger partial charge >= 0.3 is 6.61 Å². The van der Waals surface area contributed by atoms with Crippen molar-refractivity contribution in [3.63, 3.8) is 0 Å². The SMILES string of the molecule is CCCCCCCC1CCC(CCc2ccc3c(F)c(-c4cc(F)c(OC(F)F)c(F)c4)ccc3c2)CC1. The van der Waals surface area contributed by atoms with Gasteiger partial charge in [-0.2, -0.15) is 8.78 Å². The Morgan fingerprint density at radius 1 is 0.789 bits per heavy atom. The van der Waals surface area contributed by atoms with Crippen LogP contribution in [-0.2, 0) is 6.42 Å². The van der Waals surface area contributed by atoms with Crippen molar-refractivity contribution < 1.29 is 26.7 Å². The molecule has 6 heteroatoms. The molecule has 0 atom stereocenters. The van der Waals surface area contributed by atoms with E-state index in [1.54, 1.807) is 12.1 Å². The molecule has 0 aromatic heterocycles. The highest BCUT2D eigenvalue weighted by Crippen LogP contribution is 2.36. The molecule has 1 saturated carbocycles. The van der Waals surface area contributed by atoms with Crippen LogP contribution < -0.4 is 4.74 Å². The van der Waals surface area contributed by atoms with Gasteiger partial charge in [-0.3, -0.25) is 0 Å². The maximum atomic E-state index is 15.3. The normalized spacial score (nSPS) is 17.9. The van der Waals surface area contributed by atoms with E-state index in [-0.39, 0.29) is 11.1 Å². The summed E-state index contributed by atoms with van der Waals surface area (Å²) in [6.45, 7) is -1.11. The number of halogens is 5. The first-order chi connectivity index (χ1) is 18.4. The fraction of sp³-hybridized carbons (Fsp3) is 0.500. The number of alkyl halides is 2. The summed E-state index contributed by atoms with van der Waals surface area (Å²) in [5, 5.41) is 1.06. The van der Waals surface area contributed by atoms with Crippen molar-refractivity contribution in [1.29, 1.82) is 0 Å². The molecule has 0 unspecified atom stereocenters. The van der Waals surface area contributed by atoms with Gasteiger partial charge in [-0.05, 0) is 53.3 Å². The van der Waals surface area contributed by atoms with Crippen molar-refractivity contribution in [2.75, 3.05) is 0 Å². The van der Waals surface area contributed by atoms with E-state index >= 15 is 4.39 Å². The van der Waals surface area contributed by atoms with Crippen molar-refractivity contribution >= 4 is 10.8 Å². The predicted molar refractivity (Wildman–Crippen MR) is 143 cm³/mol. The molecule has 3 aromatic carbocycles. The van der Waals surface area contributed by atoms with E-state index in [1.807, 2.05) is 12.1 Å². The zero-order valence-electron chi connectivity index (χ0n) is 22.1. The first-order valence-corrected chi connectivity index (χ1v) is 14.0. The monoisotopic (exact) mass is 532 g/mol. The summed E-state index contributed by atoms with van der Waals surface area (Å²) in [4.78, 5) is 0. The summed E-state index contributed by atoms with van der Waals surface area (Å²) in [7, 11) is 0. The van der Waals surface area contributed by atoms with Crippen LogP contribution in [0, 0.1) is 29.3 Å². The maximum absolute atomic E-state index is 15.3. The summed E-state index contributed by atoms with van der Waals surface area (Å²) in [6.07, 6.45) is 15.4. The lowest BCUT2D eigenvalue weighted by atomic mass is 9.77. The average Bonchev–Trinajstić information content (AvgIpc) is 2.90. The molecule has 0 bridgehead atoms. The highest BCUT2D eigenvalue weighted by Gasteiger charge is 2.22. The molecule has 206 valence electrons. The Balaban J connectivity index is 1.35. The van der Waals surface area contributed by atoms with Crippen molar-refractivity contribution in [3.05, 3.63) is 65.5 Å². The van der Waals surface area contributed by atoms with Gasteiger partial charge in [-0.1, -0.05) is 101 Å². The number of hydrogen-bond donors (Lipinski definition) is 0. The lowest BCUT2D eigenvalue weighted by Crippen LogP contribution is -2.15. The Morgan fingerprint density at radius 3 is 2.11 bits per heavy atom. The van der Waals surface area contributed by atoms with Crippen LogP contribution in [-0.4, -0.2) is 6.61 Å². The van der Waals surface area contributed by atoms with Crippen LogP contribution in [0.2, 0.25) is 0 Å². The zero-order chi connectivity index (χ0) is 27.1. The Hall–Kier alpha value is -2.63. The van der Waals surface area contributed by atoms with Crippen LogP contribution in [0.5, 0.6) is 5.75 Å². The fourth-order valence-corrected chi connectivity index (χ4v) is 5.85. The minimum atomic E-state index is -3.36. The molecule has 0 radical (unpaired) electrons. The first-order valence-electron chi connectivity index (χ1n) is 14.0. The minimum absolute atomic E-state index is 0.00577. The fourth-order valence-electron chi connectivity index (χ4n) is 5.85. The number of benzene rings is 3. The number of aryl methyl sites for hydroxylation is 1. The van der Waals surface area contributed by atoms with Gasteiger partial charge in [0.15, 0.2) is 17.4 Å². The van der Waals surface area contributed by atoms with Crippen molar-refractivity contribution in [1.82, 2.24) is 0 Å². The first kappa shape index (κ1) is 28.4. The quantitative estimate of drug-likeness (QED) is 0.166. The third-order valence-electron chi connectivity index (χ3n) is 8.06. The molecule has 0 spiro atoms. The zero-order valence-corrected chi connectivity index (χ0v) is 22.1. The molecule has 0 aliphatic heterocycles. The van der Waals surface area contributed by atoms with Crippen LogP contribution in [0.25, 0.3) is 21.9 Å².